The molecule has 1 aliphatic rings. The largest absolute Gasteiger partial charge is 0.383 e. The molecule has 5 rings (SSSR count). The normalized spacial score (nSPS) is 17.6. The Kier molecular flexibility index (Phi) is 6.05. The van der Waals surface area contributed by atoms with E-state index in [0.29, 0.717) is 21.6 Å². The number of hydrogen-bond donors (Lipinski definition) is 1. The first kappa shape index (κ1) is 23.7. The van der Waals surface area contributed by atoms with Crippen LogP contribution in [-0.4, -0.2) is 59.1 Å². The van der Waals surface area contributed by atoms with E-state index in [4.69, 9.17) is 17.3 Å². The van der Waals surface area contributed by atoms with Crippen molar-refractivity contribution in [2.45, 2.75) is 38.4 Å². The number of anilines is 1. The zero-order valence-corrected chi connectivity index (χ0v) is 20.0. The highest BCUT2D eigenvalue weighted by Gasteiger charge is 2.41. The molecule has 1 aromatic carbocycles. The van der Waals surface area contributed by atoms with E-state index in [1.165, 1.54) is 11.0 Å². The van der Waals surface area contributed by atoms with Crippen LogP contribution in [0.15, 0.2) is 37.4 Å². The number of nitrogens with two attached hydrogens (primary N) is 1. The van der Waals surface area contributed by atoms with Gasteiger partial charge in [0.1, 0.15) is 17.8 Å². The predicted octanol–water partition coefficient (Wildman–Crippen LogP) is 3.42. The van der Waals surface area contributed by atoms with Crippen molar-refractivity contribution in [2.75, 3.05) is 12.3 Å². The van der Waals surface area contributed by atoms with Gasteiger partial charge < -0.3 is 15.2 Å². The summed E-state index contributed by atoms with van der Waals surface area (Å²) in [6.45, 7) is 6.21. The van der Waals surface area contributed by atoms with Crippen molar-refractivity contribution in [3.63, 3.8) is 0 Å². The summed E-state index contributed by atoms with van der Waals surface area (Å²) >= 11 is 6.48. The molecule has 2 N–H and O–H groups in total. The van der Waals surface area contributed by atoms with E-state index in [2.05, 4.69) is 38.5 Å². The smallest absolute Gasteiger partial charge is 0.258 e. The molecule has 4 heterocycles. The van der Waals surface area contributed by atoms with Crippen LogP contribution in [0.2, 0.25) is 5.02 Å². The average molecular weight is 511 g/mol. The predicted molar refractivity (Wildman–Crippen MR) is 131 cm³/mol. The van der Waals surface area contributed by atoms with E-state index in [1.54, 1.807) is 18.5 Å². The molecule has 1 amide bonds. The number of rotatable bonds is 4. The lowest BCUT2D eigenvalue weighted by Crippen LogP contribution is -2.38. The highest BCUT2D eigenvalue weighted by molar-refractivity contribution is 6.32. The average Bonchev–Trinajstić information content (AvgIpc) is 3.57. The molecule has 0 aliphatic carbocycles. The van der Waals surface area contributed by atoms with Gasteiger partial charge in [-0.05, 0) is 37.5 Å². The second-order valence-electron chi connectivity index (χ2n) is 8.34. The second kappa shape index (κ2) is 9.20. The number of aromatic nitrogens is 6. The molecule has 3 aromatic heterocycles. The number of aryl methyl sites for hydroxylation is 1. The SMILES string of the molecule is C=CC(=O)N1C[C@@H](n2nc(C#Cc3cc4ncn(CC)c4cc3Cl)c3c(N)ncnc32)C[C@@H]1C(F)F. The van der Waals surface area contributed by atoms with Crippen LogP contribution in [0.3, 0.4) is 0 Å². The lowest BCUT2D eigenvalue weighted by molar-refractivity contribution is -0.129. The Labute approximate surface area is 209 Å². The Morgan fingerprint density at radius 3 is 2.86 bits per heavy atom. The third kappa shape index (κ3) is 3.93. The number of carbonyl (C=O) groups excluding carboxylic acids is 1. The summed E-state index contributed by atoms with van der Waals surface area (Å²) in [6, 6.07) is 1.78. The van der Waals surface area contributed by atoms with Crippen molar-refractivity contribution >= 4 is 45.4 Å². The second-order valence-corrected chi connectivity index (χ2v) is 8.75. The first-order valence-electron chi connectivity index (χ1n) is 11.2. The standard InChI is InChI=1S/C24H21ClF2N8O/c1-3-20(36)34-10-14(8-19(34)22(26)27)35-24-21(23(28)29-11-30-24)16(32-35)6-5-13-7-17-18(9-15(13)25)33(4-2)12-31-17/h3,7,9,11-12,14,19,22H,1,4,8,10H2,2H3,(H2,28,29,30)/t14-,19+/m0/s1. The van der Waals surface area contributed by atoms with Crippen molar-refractivity contribution in [3.05, 3.63) is 53.7 Å². The van der Waals surface area contributed by atoms with Crippen molar-refractivity contribution in [2.24, 2.45) is 0 Å². The molecule has 184 valence electrons. The number of fused-ring (bicyclic) bond motifs is 2. The Bertz CT molecular complexity index is 1570. The minimum absolute atomic E-state index is 0.00656. The maximum absolute atomic E-state index is 13.7. The van der Waals surface area contributed by atoms with Gasteiger partial charge in [-0.15, -0.1) is 0 Å². The molecule has 0 bridgehead atoms. The first-order chi connectivity index (χ1) is 17.3. The van der Waals surface area contributed by atoms with E-state index in [0.717, 1.165) is 28.6 Å². The Morgan fingerprint density at radius 1 is 1.33 bits per heavy atom. The molecular formula is C24H21ClF2N8O. The monoisotopic (exact) mass is 510 g/mol. The van der Waals surface area contributed by atoms with Crippen molar-refractivity contribution in [1.82, 2.24) is 34.2 Å². The van der Waals surface area contributed by atoms with Gasteiger partial charge in [0.15, 0.2) is 5.65 Å². The maximum atomic E-state index is 13.7. The lowest BCUT2D eigenvalue weighted by atomic mass is 10.1. The molecule has 4 aromatic rings. The Balaban J connectivity index is 1.57. The fraction of sp³-hybridized carbons (Fsp3) is 0.292. The van der Waals surface area contributed by atoms with Gasteiger partial charge >= 0.3 is 0 Å². The van der Waals surface area contributed by atoms with Gasteiger partial charge in [-0.2, -0.15) is 5.10 Å². The number of halogens is 3. The fourth-order valence-electron chi connectivity index (χ4n) is 4.52. The summed E-state index contributed by atoms with van der Waals surface area (Å²) in [4.78, 5) is 26.0. The molecule has 0 spiro atoms. The van der Waals surface area contributed by atoms with Gasteiger partial charge in [-0.25, -0.2) is 28.4 Å². The zero-order chi connectivity index (χ0) is 25.6. The van der Waals surface area contributed by atoms with Gasteiger partial charge in [0.2, 0.25) is 5.91 Å². The topological polar surface area (TPSA) is 108 Å². The maximum Gasteiger partial charge on any atom is 0.258 e. The molecule has 0 saturated carbocycles. The first-order valence-corrected chi connectivity index (χ1v) is 11.6. The van der Waals surface area contributed by atoms with Crippen LogP contribution in [0.5, 0.6) is 0 Å². The van der Waals surface area contributed by atoms with Gasteiger partial charge in [-0.1, -0.05) is 24.1 Å². The number of amides is 1. The summed E-state index contributed by atoms with van der Waals surface area (Å²) in [5.74, 6) is 5.60. The molecule has 12 heteroatoms. The fourth-order valence-corrected chi connectivity index (χ4v) is 4.73. The highest BCUT2D eigenvalue weighted by Crippen LogP contribution is 2.34. The molecule has 1 aliphatic heterocycles. The molecular weight excluding hydrogens is 490 g/mol. The van der Waals surface area contributed by atoms with Gasteiger partial charge in [-0.3, -0.25) is 4.79 Å². The summed E-state index contributed by atoms with van der Waals surface area (Å²) in [5.41, 5.74) is 8.94. The summed E-state index contributed by atoms with van der Waals surface area (Å²) in [7, 11) is 0. The third-order valence-electron chi connectivity index (χ3n) is 6.30. The molecule has 1 fully saturated rings. The summed E-state index contributed by atoms with van der Waals surface area (Å²) in [5, 5.41) is 5.41. The number of nitrogen functional groups attached to an aromatic ring is 1. The number of likely N-dealkylation sites (tertiary alicyclic amines) is 1. The van der Waals surface area contributed by atoms with Crippen molar-refractivity contribution < 1.29 is 13.6 Å². The number of hydrogen-bond acceptors (Lipinski definition) is 6. The molecule has 36 heavy (non-hydrogen) atoms. The van der Waals surface area contributed by atoms with Crippen LogP contribution in [0, 0.1) is 11.8 Å². The highest BCUT2D eigenvalue weighted by atomic mass is 35.5. The van der Waals surface area contributed by atoms with Crippen LogP contribution in [0.4, 0.5) is 14.6 Å². The molecule has 2 atom stereocenters. The Hall–Kier alpha value is -4.04. The van der Waals surface area contributed by atoms with Crippen LogP contribution >= 0.6 is 11.6 Å². The third-order valence-corrected chi connectivity index (χ3v) is 6.61. The van der Waals surface area contributed by atoms with Crippen molar-refractivity contribution in [1.29, 1.82) is 0 Å². The minimum atomic E-state index is -2.71. The van der Waals surface area contributed by atoms with Gasteiger partial charge in [0.25, 0.3) is 6.43 Å². The zero-order valence-electron chi connectivity index (χ0n) is 19.2. The molecule has 0 radical (unpaired) electrons. The molecule has 0 unspecified atom stereocenters. The van der Waals surface area contributed by atoms with E-state index in [-0.39, 0.29) is 24.5 Å². The van der Waals surface area contributed by atoms with Crippen LogP contribution < -0.4 is 5.73 Å². The van der Waals surface area contributed by atoms with Crippen LogP contribution in [0.1, 0.15) is 30.6 Å². The summed E-state index contributed by atoms with van der Waals surface area (Å²) in [6.07, 6.45) is 1.31. The van der Waals surface area contributed by atoms with Crippen molar-refractivity contribution in [3.8, 4) is 11.8 Å². The van der Waals surface area contributed by atoms with E-state index < -0.39 is 24.4 Å². The van der Waals surface area contributed by atoms with E-state index >= 15 is 0 Å². The molecule has 9 nitrogen and oxygen atoms in total. The quantitative estimate of drug-likeness (QED) is 0.333. The number of alkyl halides is 2. The van der Waals surface area contributed by atoms with E-state index in [9.17, 15) is 13.6 Å². The van der Waals surface area contributed by atoms with Gasteiger partial charge in [0.05, 0.1) is 39.9 Å². The number of imidazole rings is 1. The van der Waals surface area contributed by atoms with Crippen LogP contribution in [0.25, 0.3) is 22.1 Å². The van der Waals surface area contributed by atoms with Crippen LogP contribution in [-0.2, 0) is 11.3 Å². The number of benzene rings is 1. The number of carbonyl (C=O) groups is 1. The Morgan fingerprint density at radius 2 is 2.14 bits per heavy atom. The number of nitrogens with zero attached hydrogens (tertiary/aromatic N) is 7. The summed E-state index contributed by atoms with van der Waals surface area (Å²) < 4.78 is 30.9. The lowest BCUT2D eigenvalue weighted by Gasteiger charge is -2.21. The van der Waals surface area contributed by atoms with Gasteiger partial charge in [0, 0.05) is 18.7 Å². The minimum Gasteiger partial charge on any atom is -0.383 e. The molecule has 1 saturated heterocycles. The van der Waals surface area contributed by atoms with E-state index in [1.807, 2.05) is 11.5 Å².